The van der Waals surface area contributed by atoms with Gasteiger partial charge in [0.2, 0.25) is 5.91 Å². The van der Waals surface area contributed by atoms with Gasteiger partial charge in [-0.2, -0.15) is 0 Å². The molecular formula is C9H9N3O6. The molecule has 1 amide bonds. The Labute approximate surface area is 101 Å². The second kappa shape index (κ2) is 5.08. The molecule has 0 bridgehead atoms. The average molecular weight is 255 g/mol. The number of ether oxygens (including phenoxy) is 1. The van der Waals surface area contributed by atoms with Crippen LogP contribution in [0.2, 0.25) is 0 Å². The van der Waals surface area contributed by atoms with Crippen LogP contribution in [0.4, 0.5) is 17.1 Å². The van der Waals surface area contributed by atoms with Gasteiger partial charge in [0, 0.05) is 19.1 Å². The monoisotopic (exact) mass is 255 g/mol. The van der Waals surface area contributed by atoms with Gasteiger partial charge in [-0.1, -0.05) is 0 Å². The summed E-state index contributed by atoms with van der Waals surface area (Å²) in [5.41, 5.74) is -1.22. The minimum absolute atomic E-state index is 0.0401. The molecule has 0 unspecified atom stereocenters. The largest absolute Gasteiger partial charge is 0.485 e. The van der Waals surface area contributed by atoms with Gasteiger partial charge in [0.05, 0.1) is 22.6 Å². The van der Waals surface area contributed by atoms with Crippen LogP contribution in [0.5, 0.6) is 5.75 Å². The Morgan fingerprint density at radius 2 is 1.67 bits per heavy atom. The van der Waals surface area contributed by atoms with E-state index in [4.69, 9.17) is 0 Å². The molecule has 1 aromatic rings. The Morgan fingerprint density at radius 1 is 1.22 bits per heavy atom. The fraction of sp³-hybridized carbons (Fsp3) is 0.222. The van der Waals surface area contributed by atoms with Gasteiger partial charge in [-0.05, 0) is 0 Å². The van der Waals surface area contributed by atoms with Crippen molar-refractivity contribution in [2.45, 2.75) is 6.92 Å². The van der Waals surface area contributed by atoms with E-state index in [1.165, 1.54) is 6.92 Å². The van der Waals surface area contributed by atoms with Crippen molar-refractivity contribution in [3.63, 3.8) is 0 Å². The number of methoxy groups -OCH3 is 1. The topological polar surface area (TPSA) is 125 Å². The molecule has 1 aromatic carbocycles. The van der Waals surface area contributed by atoms with Gasteiger partial charge in [0.15, 0.2) is 0 Å². The molecule has 96 valence electrons. The Kier molecular flexibility index (Phi) is 3.77. The first-order valence-corrected chi connectivity index (χ1v) is 4.65. The van der Waals surface area contributed by atoms with Crippen molar-refractivity contribution in [3.05, 3.63) is 32.4 Å². The molecule has 9 nitrogen and oxygen atoms in total. The standard InChI is InChI=1S/C9H9N3O6/c1-5(13)10-6-3-7(11(14)15)9(18-2)8(4-6)12(16)17/h3-4H,1-2H3,(H,10,13). The Balaban J connectivity index is 3.48. The summed E-state index contributed by atoms with van der Waals surface area (Å²) in [4.78, 5) is 30.8. The molecule has 0 fully saturated rings. The number of hydrogen-bond donors (Lipinski definition) is 1. The normalized spacial score (nSPS) is 9.67. The number of nitro benzene ring substituents is 2. The number of carbonyl (C=O) groups is 1. The SMILES string of the molecule is COc1c([N+](=O)[O-])cc(NC(C)=O)cc1[N+](=O)[O-]. The molecule has 0 aliphatic heterocycles. The van der Waals surface area contributed by atoms with E-state index in [0.29, 0.717) is 0 Å². The molecule has 0 aliphatic carbocycles. The van der Waals surface area contributed by atoms with Crippen LogP contribution in [0.15, 0.2) is 12.1 Å². The first-order chi connectivity index (χ1) is 8.36. The van der Waals surface area contributed by atoms with Crippen molar-refractivity contribution in [1.29, 1.82) is 0 Å². The number of nitro groups is 2. The summed E-state index contributed by atoms with van der Waals surface area (Å²) in [6.07, 6.45) is 0. The fourth-order valence-electron chi connectivity index (χ4n) is 1.35. The maximum Gasteiger partial charge on any atom is 0.320 e. The maximum atomic E-state index is 10.8. The highest BCUT2D eigenvalue weighted by molar-refractivity contribution is 5.90. The lowest BCUT2D eigenvalue weighted by Crippen LogP contribution is -2.07. The average Bonchev–Trinajstić information content (AvgIpc) is 2.26. The van der Waals surface area contributed by atoms with Gasteiger partial charge in [-0.15, -0.1) is 0 Å². The quantitative estimate of drug-likeness (QED) is 0.641. The van der Waals surface area contributed by atoms with Gasteiger partial charge in [0.1, 0.15) is 0 Å². The van der Waals surface area contributed by atoms with E-state index in [0.717, 1.165) is 19.2 Å². The third kappa shape index (κ3) is 2.70. The predicted octanol–water partition coefficient (Wildman–Crippen LogP) is 1.47. The highest BCUT2D eigenvalue weighted by atomic mass is 16.6. The number of amides is 1. The molecule has 0 saturated heterocycles. The predicted molar refractivity (Wildman–Crippen MR) is 60.6 cm³/mol. The summed E-state index contributed by atoms with van der Waals surface area (Å²) < 4.78 is 4.66. The molecule has 0 spiro atoms. The second-order valence-corrected chi connectivity index (χ2v) is 3.24. The number of rotatable bonds is 4. The van der Waals surface area contributed by atoms with Crippen LogP contribution < -0.4 is 10.1 Å². The molecular weight excluding hydrogens is 246 g/mol. The van der Waals surface area contributed by atoms with Crippen LogP contribution in [-0.2, 0) is 4.79 Å². The Hall–Kier alpha value is -2.71. The molecule has 0 aliphatic rings. The van der Waals surface area contributed by atoms with Crippen LogP contribution in [0.3, 0.4) is 0 Å². The van der Waals surface area contributed by atoms with Gasteiger partial charge in [0.25, 0.3) is 5.75 Å². The van der Waals surface area contributed by atoms with Crippen LogP contribution in [0.1, 0.15) is 6.92 Å². The maximum absolute atomic E-state index is 10.8. The molecule has 0 saturated carbocycles. The van der Waals surface area contributed by atoms with Gasteiger partial charge < -0.3 is 10.1 Å². The van der Waals surface area contributed by atoms with Crippen molar-refractivity contribution in [2.24, 2.45) is 0 Å². The molecule has 18 heavy (non-hydrogen) atoms. The highest BCUT2D eigenvalue weighted by Gasteiger charge is 2.28. The lowest BCUT2D eigenvalue weighted by atomic mass is 10.2. The molecule has 1 rings (SSSR count). The van der Waals surface area contributed by atoms with E-state index in [1.807, 2.05) is 0 Å². The van der Waals surface area contributed by atoms with Gasteiger partial charge >= 0.3 is 11.4 Å². The van der Waals surface area contributed by atoms with Crippen LogP contribution in [0, 0.1) is 20.2 Å². The van der Waals surface area contributed by atoms with Gasteiger partial charge in [-0.25, -0.2) is 0 Å². The minimum atomic E-state index is -0.822. The van der Waals surface area contributed by atoms with Crippen molar-refractivity contribution in [3.8, 4) is 5.75 Å². The third-order valence-electron chi connectivity index (χ3n) is 1.97. The lowest BCUT2D eigenvalue weighted by molar-refractivity contribution is -0.395. The van der Waals surface area contributed by atoms with Crippen LogP contribution >= 0.6 is 0 Å². The summed E-state index contributed by atoms with van der Waals surface area (Å²) in [5, 5.41) is 23.8. The molecule has 0 radical (unpaired) electrons. The van der Waals surface area contributed by atoms with E-state index < -0.39 is 32.9 Å². The molecule has 0 heterocycles. The number of nitrogens with one attached hydrogen (secondary N) is 1. The molecule has 9 heteroatoms. The molecule has 1 N–H and O–H groups in total. The summed E-state index contributed by atoms with van der Waals surface area (Å²) in [7, 11) is 1.09. The summed E-state index contributed by atoms with van der Waals surface area (Å²) >= 11 is 0. The highest BCUT2D eigenvalue weighted by Crippen LogP contribution is 2.39. The van der Waals surface area contributed by atoms with E-state index >= 15 is 0 Å². The Morgan fingerprint density at radius 3 is 1.94 bits per heavy atom. The van der Waals surface area contributed by atoms with E-state index in [9.17, 15) is 25.0 Å². The number of nitrogens with zero attached hydrogens (tertiary/aromatic N) is 2. The van der Waals surface area contributed by atoms with Crippen molar-refractivity contribution in [2.75, 3.05) is 12.4 Å². The first-order valence-electron chi connectivity index (χ1n) is 4.65. The first kappa shape index (κ1) is 13.4. The van der Waals surface area contributed by atoms with Gasteiger partial charge in [-0.3, -0.25) is 25.0 Å². The van der Waals surface area contributed by atoms with E-state index in [-0.39, 0.29) is 5.69 Å². The lowest BCUT2D eigenvalue weighted by Gasteiger charge is -2.06. The van der Waals surface area contributed by atoms with Crippen LogP contribution in [-0.4, -0.2) is 22.9 Å². The minimum Gasteiger partial charge on any atom is -0.485 e. The molecule has 0 atom stereocenters. The van der Waals surface area contributed by atoms with E-state index in [2.05, 4.69) is 10.1 Å². The number of hydrogen-bond acceptors (Lipinski definition) is 6. The summed E-state index contributed by atoms with van der Waals surface area (Å²) in [6.45, 7) is 1.18. The number of anilines is 1. The zero-order valence-electron chi connectivity index (χ0n) is 9.50. The number of carbonyl (C=O) groups excluding carboxylic acids is 1. The molecule has 0 aromatic heterocycles. The fourth-order valence-corrected chi connectivity index (χ4v) is 1.35. The van der Waals surface area contributed by atoms with Crippen molar-refractivity contribution >= 4 is 23.0 Å². The summed E-state index contributed by atoms with van der Waals surface area (Å²) in [6, 6.07) is 1.99. The number of benzene rings is 1. The van der Waals surface area contributed by atoms with Crippen molar-refractivity contribution < 1.29 is 19.4 Å². The Bertz CT molecular complexity index is 492. The zero-order valence-corrected chi connectivity index (χ0v) is 9.50. The van der Waals surface area contributed by atoms with Crippen molar-refractivity contribution in [1.82, 2.24) is 0 Å². The van der Waals surface area contributed by atoms with E-state index in [1.54, 1.807) is 0 Å². The smallest absolute Gasteiger partial charge is 0.320 e. The summed E-state index contributed by atoms with van der Waals surface area (Å²) in [5.74, 6) is -0.956. The zero-order chi connectivity index (χ0) is 13.9. The third-order valence-corrected chi connectivity index (χ3v) is 1.97. The van der Waals surface area contributed by atoms with Crippen LogP contribution in [0.25, 0.3) is 0 Å². The second-order valence-electron chi connectivity index (χ2n) is 3.24.